The van der Waals surface area contributed by atoms with E-state index in [1.165, 1.54) is 11.9 Å². The quantitative estimate of drug-likeness (QED) is 0.582. The van der Waals surface area contributed by atoms with Crippen molar-refractivity contribution < 1.29 is 19.5 Å². The van der Waals surface area contributed by atoms with Crippen molar-refractivity contribution in [2.75, 3.05) is 7.05 Å². The third-order valence-corrected chi connectivity index (χ3v) is 3.05. The highest BCUT2D eigenvalue weighted by atomic mass is 16.4. The first kappa shape index (κ1) is 17.4. The van der Waals surface area contributed by atoms with E-state index >= 15 is 0 Å². The summed E-state index contributed by atoms with van der Waals surface area (Å²) >= 11 is 0. The molecule has 0 aliphatic carbocycles. The van der Waals surface area contributed by atoms with E-state index in [0.29, 0.717) is 6.42 Å². The van der Waals surface area contributed by atoms with Crippen molar-refractivity contribution in [3.63, 3.8) is 0 Å². The molecule has 0 saturated heterocycles. The largest absolute Gasteiger partial charge is 0.480 e. The van der Waals surface area contributed by atoms with Crippen LogP contribution in [-0.2, 0) is 14.4 Å². The normalized spacial score (nSPS) is 11.9. The molecule has 1 atom stereocenters. The van der Waals surface area contributed by atoms with Crippen LogP contribution in [0.3, 0.4) is 0 Å². The molecular formula is C13H24N2O4. The van der Waals surface area contributed by atoms with E-state index in [1.807, 2.05) is 0 Å². The first-order valence-corrected chi connectivity index (χ1v) is 6.66. The molecular weight excluding hydrogens is 248 g/mol. The molecule has 0 aromatic rings. The van der Waals surface area contributed by atoms with Gasteiger partial charge in [-0.2, -0.15) is 0 Å². The second-order valence-corrected chi connectivity index (χ2v) is 4.67. The molecule has 0 spiro atoms. The predicted molar refractivity (Wildman–Crippen MR) is 71.4 cm³/mol. The number of rotatable bonds is 10. The Labute approximate surface area is 113 Å². The Morgan fingerprint density at radius 1 is 1.16 bits per heavy atom. The van der Waals surface area contributed by atoms with E-state index in [4.69, 9.17) is 10.8 Å². The van der Waals surface area contributed by atoms with E-state index in [1.54, 1.807) is 0 Å². The lowest BCUT2D eigenvalue weighted by molar-refractivity contribution is -0.149. The molecule has 0 bridgehead atoms. The van der Waals surface area contributed by atoms with Gasteiger partial charge in [0.2, 0.25) is 11.8 Å². The molecule has 110 valence electrons. The van der Waals surface area contributed by atoms with Gasteiger partial charge in [-0.3, -0.25) is 9.59 Å². The van der Waals surface area contributed by atoms with Gasteiger partial charge in [-0.1, -0.05) is 26.2 Å². The standard InChI is InChI=1S/C13H24N2O4/c1-3-4-5-6-7-12(17)15(2)10(13(18)19)8-9-11(14)16/h10H,3-9H2,1-2H3,(H2,14,16)(H,18,19)/t10-/m0/s1. The summed E-state index contributed by atoms with van der Waals surface area (Å²) in [6.07, 6.45) is 4.25. The van der Waals surface area contributed by atoms with Crippen molar-refractivity contribution in [1.82, 2.24) is 4.90 Å². The molecule has 0 unspecified atom stereocenters. The summed E-state index contributed by atoms with van der Waals surface area (Å²) in [6.45, 7) is 2.08. The topological polar surface area (TPSA) is 101 Å². The maximum Gasteiger partial charge on any atom is 0.326 e. The van der Waals surface area contributed by atoms with Crippen molar-refractivity contribution in [1.29, 1.82) is 0 Å². The lowest BCUT2D eigenvalue weighted by Crippen LogP contribution is -2.42. The second-order valence-electron chi connectivity index (χ2n) is 4.67. The van der Waals surface area contributed by atoms with Crippen LogP contribution >= 0.6 is 0 Å². The molecule has 0 fully saturated rings. The fraction of sp³-hybridized carbons (Fsp3) is 0.769. The molecule has 6 nitrogen and oxygen atoms in total. The van der Waals surface area contributed by atoms with Crippen molar-refractivity contribution >= 4 is 17.8 Å². The van der Waals surface area contributed by atoms with Gasteiger partial charge < -0.3 is 15.7 Å². The first-order valence-electron chi connectivity index (χ1n) is 6.66. The number of nitrogens with zero attached hydrogens (tertiary/aromatic N) is 1. The van der Waals surface area contributed by atoms with Crippen LogP contribution in [0.15, 0.2) is 0 Å². The Morgan fingerprint density at radius 2 is 1.79 bits per heavy atom. The SMILES string of the molecule is CCCCCCC(=O)N(C)[C@@H](CCC(N)=O)C(=O)O. The van der Waals surface area contributed by atoms with Crippen molar-refractivity contribution in [3.8, 4) is 0 Å². The third kappa shape index (κ3) is 7.43. The van der Waals surface area contributed by atoms with E-state index in [2.05, 4.69) is 6.92 Å². The molecule has 0 heterocycles. The van der Waals surface area contributed by atoms with Gasteiger partial charge >= 0.3 is 5.97 Å². The number of aliphatic carboxylic acids is 1. The number of carbonyl (C=O) groups excluding carboxylic acids is 2. The van der Waals surface area contributed by atoms with Gasteiger partial charge in [0.15, 0.2) is 0 Å². The molecule has 0 rings (SSSR count). The summed E-state index contributed by atoms with van der Waals surface area (Å²) in [5.41, 5.74) is 5.00. The number of unbranched alkanes of at least 4 members (excludes halogenated alkanes) is 3. The molecule has 0 aliphatic rings. The minimum Gasteiger partial charge on any atom is -0.480 e. The summed E-state index contributed by atoms with van der Waals surface area (Å²) in [6, 6.07) is -0.980. The maximum absolute atomic E-state index is 11.8. The number of primary amides is 1. The van der Waals surface area contributed by atoms with E-state index in [-0.39, 0.29) is 18.7 Å². The fourth-order valence-corrected chi connectivity index (χ4v) is 1.81. The average molecular weight is 272 g/mol. The fourth-order valence-electron chi connectivity index (χ4n) is 1.81. The zero-order valence-electron chi connectivity index (χ0n) is 11.7. The molecule has 0 aromatic carbocycles. The average Bonchev–Trinajstić information content (AvgIpc) is 2.33. The molecule has 2 amide bonds. The van der Waals surface area contributed by atoms with Crippen LogP contribution in [0, 0.1) is 0 Å². The molecule has 3 N–H and O–H groups in total. The Morgan fingerprint density at radius 3 is 2.26 bits per heavy atom. The smallest absolute Gasteiger partial charge is 0.326 e. The van der Waals surface area contributed by atoms with Gasteiger partial charge in [-0.05, 0) is 12.8 Å². The summed E-state index contributed by atoms with van der Waals surface area (Å²) in [5.74, 6) is -1.87. The summed E-state index contributed by atoms with van der Waals surface area (Å²) in [5, 5.41) is 9.07. The number of carboxylic acid groups (broad SMARTS) is 1. The molecule has 0 radical (unpaired) electrons. The van der Waals surface area contributed by atoms with E-state index < -0.39 is 17.9 Å². The van der Waals surface area contributed by atoms with E-state index in [0.717, 1.165) is 25.7 Å². The van der Waals surface area contributed by atoms with Crippen LogP contribution in [0.1, 0.15) is 51.9 Å². The van der Waals surface area contributed by atoms with E-state index in [9.17, 15) is 14.4 Å². The number of nitrogens with two attached hydrogens (primary N) is 1. The van der Waals surface area contributed by atoms with Gasteiger partial charge in [0.05, 0.1) is 0 Å². The number of amides is 2. The highest BCUT2D eigenvalue weighted by molar-refractivity contribution is 5.84. The van der Waals surface area contributed by atoms with Crippen LogP contribution in [0.2, 0.25) is 0 Å². The lowest BCUT2D eigenvalue weighted by atomic mass is 10.1. The minimum absolute atomic E-state index is 0.0373. The highest BCUT2D eigenvalue weighted by Crippen LogP contribution is 2.10. The Bertz CT molecular complexity index is 318. The van der Waals surface area contributed by atoms with Crippen LogP contribution in [-0.4, -0.2) is 40.9 Å². The summed E-state index contributed by atoms with van der Waals surface area (Å²) in [4.78, 5) is 34.8. The van der Waals surface area contributed by atoms with Gasteiger partial charge in [0, 0.05) is 19.9 Å². The Hall–Kier alpha value is -1.59. The summed E-state index contributed by atoms with van der Waals surface area (Å²) < 4.78 is 0. The Balaban J connectivity index is 4.28. The van der Waals surface area contributed by atoms with Crippen LogP contribution in [0.25, 0.3) is 0 Å². The minimum atomic E-state index is -1.11. The maximum atomic E-state index is 11.8. The number of hydrogen-bond acceptors (Lipinski definition) is 3. The van der Waals surface area contributed by atoms with Crippen LogP contribution in [0.4, 0.5) is 0 Å². The number of likely N-dealkylation sites (N-methyl/N-ethyl adjacent to an activating group) is 1. The summed E-state index contributed by atoms with van der Waals surface area (Å²) in [7, 11) is 1.46. The molecule has 19 heavy (non-hydrogen) atoms. The monoisotopic (exact) mass is 272 g/mol. The molecule has 6 heteroatoms. The van der Waals surface area contributed by atoms with Crippen LogP contribution < -0.4 is 5.73 Å². The lowest BCUT2D eigenvalue weighted by Gasteiger charge is -2.24. The highest BCUT2D eigenvalue weighted by Gasteiger charge is 2.26. The van der Waals surface area contributed by atoms with Crippen molar-refractivity contribution in [2.24, 2.45) is 5.73 Å². The van der Waals surface area contributed by atoms with Gasteiger partial charge in [-0.25, -0.2) is 4.79 Å². The third-order valence-electron chi connectivity index (χ3n) is 3.05. The first-order chi connectivity index (χ1) is 8.90. The van der Waals surface area contributed by atoms with Gasteiger partial charge in [-0.15, -0.1) is 0 Å². The molecule has 0 saturated carbocycles. The number of carboxylic acids is 1. The van der Waals surface area contributed by atoms with Crippen molar-refractivity contribution in [2.45, 2.75) is 57.9 Å². The number of carbonyl (C=O) groups is 3. The number of hydrogen-bond donors (Lipinski definition) is 2. The molecule has 0 aliphatic heterocycles. The van der Waals surface area contributed by atoms with Gasteiger partial charge in [0.1, 0.15) is 6.04 Å². The van der Waals surface area contributed by atoms with Crippen molar-refractivity contribution in [3.05, 3.63) is 0 Å². The predicted octanol–water partition coefficient (Wildman–Crippen LogP) is 1.13. The molecule has 0 aromatic heterocycles. The van der Waals surface area contributed by atoms with Gasteiger partial charge in [0.25, 0.3) is 0 Å². The Kier molecular flexibility index (Phi) is 8.57. The zero-order chi connectivity index (χ0) is 14.8. The second kappa shape index (κ2) is 9.35. The van der Waals surface area contributed by atoms with Crippen LogP contribution in [0.5, 0.6) is 0 Å². The zero-order valence-corrected chi connectivity index (χ0v) is 11.7.